The van der Waals surface area contributed by atoms with Gasteiger partial charge in [0.15, 0.2) is 0 Å². The molecule has 2 amide bonds. The summed E-state index contributed by atoms with van der Waals surface area (Å²) in [6.07, 6.45) is 0. The molecule has 4 heteroatoms. The molecule has 0 aromatic heterocycles. The average molecular weight is 304 g/mol. The predicted octanol–water partition coefficient (Wildman–Crippen LogP) is 3.32. The monoisotopic (exact) mass is 304 g/mol. The lowest BCUT2D eigenvalue weighted by molar-refractivity contribution is -0.132. The molecule has 0 radical (unpaired) electrons. The van der Waals surface area contributed by atoms with Crippen molar-refractivity contribution in [2.75, 3.05) is 11.9 Å². The van der Waals surface area contributed by atoms with Crippen LogP contribution >= 0.6 is 0 Å². The first-order valence-corrected chi connectivity index (χ1v) is 7.72. The maximum absolute atomic E-state index is 12.4. The van der Waals surface area contributed by atoms with Crippen molar-refractivity contribution in [1.29, 1.82) is 0 Å². The number of rotatable bonds is 4. The standard InChI is InChI=1S/C18H28N2O2/c1-12(2)14-8-10-15(11-9-14)20(7)16(21)13(3)19-17(22)18(4,5)6/h8-13H,1-7H3,(H,19,22). The van der Waals surface area contributed by atoms with E-state index in [1.807, 2.05) is 45.0 Å². The van der Waals surface area contributed by atoms with Gasteiger partial charge in [-0.2, -0.15) is 0 Å². The van der Waals surface area contributed by atoms with Gasteiger partial charge in [0.2, 0.25) is 11.8 Å². The van der Waals surface area contributed by atoms with E-state index in [4.69, 9.17) is 0 Å². The summed E-state index contributed by atoms with van der Waals surface area (Å²) < 4.78 is 0. The summed E-state index contributed by atoms with van der Waals surface area (Å²) in [5, 5.41) is 2.77. The number of nitrogens with zero attached hydrogens (tertiary/aromatic N) is 1. The van der Waals surface area contributed by atoms with Gasteiger partial charge in [0.05, 0.1) is 0 Å². The van der Waals surface area contributed by atoms with Crippen LogP contribution in [0.5, 0.6) is 0 Å². The van der Waals surface area contributed by atoms with Crippen molar-refractivity contribution < 1.29 is 9.59 Å². The Hall–Kier alpha value is -1.84. The predicted molar refractivity (Wildman–Crippen MR) is 91.0 cm³/mol. The SMILES string of the molecule is CC(NC(=O)C(C)(C)C)C(=O)N(C)c1ccc(C(C)C)cc1. The van der Waals surface area contributed by atoms with Gasteiger partial charge in [0.25, 0.3) is 0 Å². The van der Waals surface area contributed by atoms with E-state index in [0.29, 0.717) is 5.92 Å². The van der Waals surface area contributed by atoms with Crippen molar-refractivity contribution in [3.05, 3.63) is 29.8 Å². The Morgan fingerprint density at radius 1 is 1.05 bits per heavy atom. The summed E-state index contributed by atoms with van der Waals surface area (Å²) in [5.74, 6) is 0.201. The van der Waals surface area contributed by atoms with E-state index >= 15 is 0 Å². The molecular formula is C18H28N2O2. The van der Waals surface area contributed by atoms with Crippen LogP contribution in [0.15, 0.2) is 24.3 Å². The molecule has 1 aromatic carbocycles. The minimum absolute atomic E-state index is 0.128. The van der Waals surface area contributed by atoms with Gasteiger partial charge in [-0.25, -0.2) is 0 Å². The summed E-state index contributed by atoms with van der Waals surface area (Å²) in [4.78, 5) is 26.0. The van der Waals surface area contributed by atoms with Crippen molar-refractivity contribution >= 4 is 17.5 Å². The van der Waals surface area contributed by atoms with Crippen molar-refractivity contribution in [3.63, 3.8) is 0 Å². The minimum atomic E-state index is -0.554. The number of hydrogen-bond acceptors (Lipinski definition) is 2. The summed E-state index contributed by atoms with van der Waals surface area (Å²) >= 11 is 0. The number of likely N-dealkylation sites (N-methyl/N-ethyl adjacent to an activating group) is 1. The van der Waals surface area contributed by atoms with Gasteiger partial charge in [-0.15, -0.1) is 0 Å². The molecule has 0 heterocycles. The summed E-state index contributed by atoms with van der Waals surface area (Å²) in [5.41, 5.74) is 1.55. The number of anilines is 1. The number of nitrogens with one attached hydrogen (secondary N) is 1. The first-order valence-electron chi connectivity index (χ1n) is 7.72. The zero-order valence-electron chi connectivity index (χ0n) is 14.7. The van der Waals surface area contributed by atoms with Gasteiger partial charge in [-0.3, -0.25) is 9.59 Å². The molecule has 1 N–H and O–H groups in total. The molecule has 0 saturated carbocycles. The second-order valence-electron chi connectivity index (χ2n) is 7.09. The molecule has 0 aliphatic heterocycles. The third kappa shape index (κ3) is 4.58. The highest BCUT2D eigenvalue weighted by Crippen LogP contribution is 2.20. The van der Waals surface area contributed by atoms with Gasteiger partial charge in [0.1, 0.15) is 6.04 Å². The molecule has 1 aromatic rings. The highest BCUT2D eigenvalue weighted by molar-refractivity contribution is 5.99. The van der Waals surface area contributed by atoms with Gasteiger partial charge in [-0.05, 0) is 30.5 Å². The molecule has 0 spiro atoms. The first-order chi connectivity index (χ1) is 10.0. The number of carbonyl (C=O) groups is 2. The van der Waals surface area contributed by atoms with E-state index in [1.54, 1.807) is 18.9 Å². The lowest BCUT2D eigenvalue weighted by Crippen LogP contribution is -2.48. The fourth-order valence-corrected chi connectivity index (χ4v) is 1.98. The van der Waals surface area contributed by atoms with Crippen LogP contribution in [-0.4, -0.2) is 24.9 Å². The van der Waals surface area contributed by atoms with Crippen LogP contribution in [0.4, 0.5) is 5.69 Å². The molecule has 22 heavy (non-hydrogen) atoms. The Labute approximate surface area is 133 Å². The lowest BCUT2D eigenvalue weighted by atomic mass is 9.95. The van der Waals surface area contributed by atoms with Crippen LogP contribution < -0.4 is 10.2 Å². The largest absolute Gasteiger partial charge is 0.344 e. The molecule has 1 rings (SSSR count). The van der Waals surface area contributed by atoms with E-state index in [9.17, 15) is 9.59 Å². The Morgan fingerprint density at radius 3 is 1.95 bits per heavy atom. The van der Waals surface area contributed by atoms with Crippen molar-refractivity contribution in [2.45, 2.75) is 53.5 Å². The Morgan fingerprint density at radius 2 is 1.55 bits per heavy atom. The number of carbonyl (C=O) groups excluding carboxylic acids is 2. The molecule has 0 saturated heterocycles. The molecule has 1 unspecified atom stereocenters. The highest BCUT2D eigenvalue weighted by Gasteiger charge is 2.26. The molecule has 0 fully saturated rings. The van der Waals surface area contributed by atoms with E-state index in [2.05, 4.69) is 19.2 Å². The third-order valence-corrected chi connectivity index (χ3v) is 3.68. The van der Waals surface area contributed by atoms with Gasteiger partial charge >= 0.3 is 0 Å². The zero-order valence-corrected chi connectivity index (χ0v) is 14.7. The van der Waals surface area contributed by atoms with Crippen LogP contribution in [0.25, 0.3) is 0 Å². The molecule has 122 valence electrons. The Kier molecular flexibility index (Phi) is 5.75. The summed E-state index contributed by atoms with van der Waals surface area (Å²) in [6, 6.07) is 7.38. The molecule has 0 aliphatic carbocycles. The van der Waals surface area contributed by atoms with Gasteiger partial charge < -0.3 is 10.2 Å². The van der Waals surface area contributed by atoms with Crippen molar-refractivity contribution in [2.24, 2.45) is 5.41 Å². The lowest BCUT2D eigenvalue weighted by Gasteiger charge is -2.25. The molecule has 1 atom stereocenters. The number of hydrogen-bond donors (Lipinski definition) is 1. The second kappa shape index (κ2) is 6.95. The summed E-state index contributed by atoms with van der Waals surface area (Å²) in [7, 11) is 1.73. The average Bonchev–Trinajstić information content (AvgIpc) is 2.44. The fourth-order valence-electron chi connectivity index (χ4n) is 1.98. The van der Waals surface area contributed by atoms with Crippen molar-refractivity contribution in [1.82, 2.24) is 5.32 Å². The zero-order chi connectivity index (χ0) is 17.1. The first kappa shape index (κ1) is 18.2. The number of benzene rings is 1. The van der Waals surface area contributed by atoms with Crippen LogP contribution in [0.3, 0.4) is 0 Å². The minimum Gasteiger partial charge on any atom is -0.344 e. The smallest absolute Gasteiger partial charge is 0.249 e. The highest BCUT2D eigenvalue weighted by atomic mass is 16.2. The maximum Gasteiger partial charge on any atom is 0.249 e. The topological polar surface area (TPSA) is 49.4 Å². The van der Waals surface area contributed by atoms with E-state index in [-0.39, 0.29) is 11.8 Å². The van der Waals surface area contributed by atoms with E-state index < -0.39 is 11.5 Å². The third-order valence-electron chi connectivity index (χ3n) is 3.68. The Bertz CT molecular complexity index is 527. The van der Waals surface area contributed by atoms with E-state index in [0.717, 1.165) is 5.69 Å². The molecule has 4 nitrogen and oxygen atoms in total. The maximum atomic E-state index is 12.4. The fraction of sp³-hybridized carbons (Fsp3) is 0.556. The van der Waals surface area contributed by atoms with Crippen LogP contribution in [-0.2, 0) is 9.59 Å². The number of amides is 2. The normalized spacial score (nSPS) is 12.9. The van der Waals surface area contributed by atoms with Crippen LogP contribution in [0.1, 0.15) is 53.0 Å². The molecular weight excluding hydrogens is 276 g/mol. The second-order valence-corrected chi connectivity index (χ2v) is 7.09. The van der Waals surface area contributed by atoms with Gasteiger partial charge in [0, 0.05) is 18.2 Å². The van der Waals surface area contributed by atoms with Crippen LogP contribution in [0, 0.1) is 5.41 Å². The van der Waals surface area contributed by atoms with Crippen LogP contribution in [0.2, 0.25) is 0 Å². The summed E-state index contributed by atoms with van der Waals surface area (Å²) in [6.45, 7) is 11.5. The van der Waals surface area contributed by atoms with Crippen molar-refractivity contribution in [3.8, 4) is 0 Å². The molecule has 0 bridgehead atoms. The quantitative estimate of drug-likeness (QED) is 0.927. The van der Waals surface area contributed by atoms with E-state index in [1.165, 1.54) is 5.56 Å². The molecule has 0 aliphatic rings. The Balaban J connectivity index is 2.77. The van der Waals surface area contributed by atoms with Gasteiger partial charge in [-0.1, -0.05) is 46.8 Å².